The van der Waals surface area contributed by atoms with Crippen molar-refractivity contribution in [3.8, 4) is 0 Å². The molecule has 1 rings (SSSR count). The smallest absolute Gasteiger partial charge is 0.0845 e. The first-order valence-electron chi connectivity index (χ1n) is 2.56. The van der Waals surface area contributed by atoms with Gasteiger partial charge >= 0.3 is 0 Å². The first-order chi connectivity index (χ1) is 4.34. The van der Waals surface area contributed by atoms with Crippen LogP contribution in [0.15, 0.2) is 22.0 Å². The molecule has 0 spiro atoms. The summed E-state index contributed by atoms with van der Waals surface area (Å²) in [6.45, 7) is 1.77. The Bertz CT molecular complexity index is 203. The van der Waals surface area contributed by atoms with E-state index in [1.54, 1.807) is 18.3 Å². The number of rotatable bonds is 1. The van der Waals surface area contributed by atoms with Crippen molar-refractivity contribution in [2.24, 2.45) is 5.16 Å². The molecule has 1 aromatic heterocycles. The van der Waals surface area contributed by atoms with Gasteiger partial charge in [-0.1, -0.05) is 5.16 Å². The van der Waals surface area contributed by atoms with E-state index in [0.717, 1.165) is 5.56 Å². The highest BCUT2D eigenvalue weighted by Crippen LogP contribution is 2.06. The van der Waals surface area contributed by atoms with Gasteiger partial charge in [0.2, 0.25) is 0 Å². The van der Waals surface area contributed by atoms with Crippen LogP contribution in [0.3, 0.4) is 0 Å². The van der Waals surface area contributed by atoms with E-state index >= 15 is 0 Å². The molecule has 0 aliphatic carbocycles. The van der Waals surface area contributed by atoms with Gasteiger partial charge in [-0.15, -0.1) is 0 Å². The molecule has 0 fully saturated rings. The van der Waals surface area contributed by atoms with Crippen molar-refractivity contribution in [3.63, 3.8) is 0 Å². The molecule has 0 unspecified atom stereocenters. The second-order valence-electron chi connectivity index (χ2n) is 1.70. The van der Waals surface area contributed by atoms with Crippen LogP contribution in [0.25, 0.3) is 0 Å². The van der Waals surface area contributed by atoms with Crippen LogP contribution in [0.4, 0.5) is 0 Å². The van der Waals surface area contributed by atoms with Crippen molar-refractivity contribution in [2.75, 3.05) is 0 Å². The summed E-state index contributed by atoms with van der Waals surface area (Å²) in [5, 5.41) is 15.2. The highest BCUT2D eigenvalue weighted by atomic mass is 32.1. The molecule has 0 saturated heterocycles. The largest absolute Gasteiger partial charge is 0.411 e. The van der Waals surface area contributed by atoms with Gasteiger partial charge in [0.1, 0.15) is 0 Å². The molecule has 3 heteroatoms. The maximum atomic E-state index is 8.30. The first kappa shape index (κ1) is 6.29. The second-order valence-corrected chi connectivity index (χ2v) is 2.48. The first-order valence-corrected chi connectivity index (χ1v) is 3.50. The summed E-state index contributed by atoms with van der Waals surface area (Å²) in [6, 6.07) is 1.92. The van der Waals surface area contributed by atoms with Gasteiger partial charge in [-0.3, -0.25) is 0 Å². The highest BCUT2D eigenvalue weighted by Gasteiger charge is 1.94. The normalized spacial score (nSPS) is 11.9. The van der Waals surface area contributed by atoms with Gasteiger partial charge in [-0.05, 0) is 23.8 Å². The molecule has 9 heavy (non-hydrogen) atoms. The van der Waals surface area contributed by atoms with Crippen molar-refractivity contribution >= 4 is 17.0 Å². The van der Waals surface area contributed by atoms with E-state index < -0.39 is 0 Å². The van der Waals surface area contributed by atoms with Gasteiger partial charge in [0, 0.05) is 5.56 Å². The molecule has 2 nitrogen and oxygen atoms in total. The van der Waals surface area contributed by atoms with Crippen LogP contribution in [0.5, 0.6) is 0 Å². The highest BCUT2D eigenvalue weighted by molar-refractivity contribution is 7.08. The van der Waals surface area contributed by atoms with Gasteiger partial charge in [0.05, 0.1) is 5.71 Å². The third-order valence-electron chi connectivity index (χ3n) is 1.09. The van der Waals surface area contributed by atoms with Crippen molar-refractivity contribution in [1.82, 2.24) is 0 Å². The maximum absolute atomic E-state index is 8.30. The topological polar surface area (TPSA) is 32.6 Å². The Labute approximate surface area is 57.4 Å². The summed E-state index contributed by atoms with van der Waals surface area (Å²) in [6.07, 6.45) is 0. The number of nitrogens with zero attached hydrogens (tertiary/aromatic N) is 1. The zero-order valence-electron chi connectivity index (χ0n) is 5.03. The average molecular weight is 141 g/mol. The average Bonchev–Trinajstić information content (AvgIpc) is 2.37. The Balaban J connectivity index is 2.90. The van der Waals surface area contributed by atoms with Crippen LogP contribution in [-0.2, 0) is 0 Å². The van der Waals surface area contributed by atoms with Gasteiger partial charge in [-0.25, -0.2) is 0 Å². The van der Waals surface area contributed by atoms with Crippen LogP contribution >= 0.6 is 11.3 Å². The molecule has 1 aromatic rings. The number of thiophene rings is 1. The summed E-state index contributed by atoms with van der Waals surface area (Å²) in [5.74, 6) is 0. The second kappa shape index (κ2) is 2.64. The van der Waals surface area contributed by atoms with Crippen LogP contribution in [0.1, 0.15) is 12.5 Å². The van der Waals surface area contributed by atoms with Gasteiger partial charge in [0.15, 0.2) is 0 Å². The molecule has 1 heterocycles. The third-order valence-corrected chi connectivity index (χ3v) is 1.77. The molecule has 1 N–H and O–H groups in total. The van der Waals surface area contributed by atoms with E-state index in [-0.39, 0.29) is 0 Å². The standard InChI is InChI=1S/C6H7NOS/c1-5(7-8)6-2-3-9-4-6/h2-4,8H,1H3. The summed E-state index contributed by atoms with van der Waals surface area (Å²) in [5.41, 5.74) is 1.65. The molecule has 48 valence electrons. The third kappa shape index (κ3) is 1.29. The Morgan fingerprint density at radius 1 is 1.78 bits per heavy atom. The minimum Gasteiger partial charge on any atom is -0.411 e. The molecule has 0 saturated carbocycles. The lowest BCUT2D eigenvalue weighted by molar-refractivity contribution is 0.319. The number of hydrogen-bond donors (Lipinski definition) is 1. The summed E-state index contributed by atoms with van der Waals surface area (Å²) >= 11 is 1.59. The minimum atomic E-state index is 0.663. The SMILES string of the molecule is CC(=NO)c1ccsc1. The minimum absolute atomic E-state index is 0.663. The fourth-order valence-corrected chi connectivity index (χ4v) is 1.23. The van der Waals surface area contributed by atoms with E-state index in [9.17, 15) is 0 Å². The molecule has 0 radical (unpaired) electrons. The molecule has 0 aliphatic rings. The summed E-state index contributed by atoms with van der Waals surface area (Å²) < 4.78 is 0. The summed E-state index contributed by atoms with van der Waals surface area (Å²) in [7, 11) is 0. The fraction of sp³-hybridized carbons (Fsp3) is 0.167. The Hall–Kier alpha value is -0.830. The molecule has 0 atom stereocenters. The lowest BCUT2D eigenvalue weighted by Crippen LogP contribution is -1.89. The van der Waals surface area contributed by atoms with Crippen LogP contribution in [0.2, 0.25) is 0 Å². The van der Waals surface area contributed by atoms with Crippen molar-refractivity contribution in [3.05, 3.63) is 22.4 Å². The predicted molar refractivity (Wildman–Crippen MR) is 38.3 cm³/mol. The quantitative estimate of drug-likeness (QED) is 0.362. The van der Waals surface area contributed by atoms with Crippen LogP contribution < -0.4 is 0 Å². The molecule has 0 aliphatic heterocycles. The maximum Gasteiger partial charge on any atom is 0.0845 e. The Morgan fingerprint density at radius 3 is 3.00 bits per heavy atom. The van der Waals surface area contributed by atoms with Gasteiger partial charge in [0.25, 0.3) is 0 Å². The van der Waals surface area contributed by atoms with Crippen molar-refractivity contribution in [1.29, 1.82) is 0 Å². The lowest BCUT2D eigenvalue weighted by atomic mass is 10.2. The fourth-order valence-electron chi connectivity index (χ4n) is 0.528. The molecular weight excluding hydrogens is 134 g/mol. The molecular formula is C6H7NOS. The van der Waals surface area contributed by atoms with Crippen LogP contribution in [0, 0.1) is 0 Å². The van der Waals surface area contributed by atoms with E-state index in [1.165, 1.54) is 0 Å². The van der Waals surface area contributed by atoms with E-state index in [4.69, 9.17) is 5.21 Å². The monoisotopic (exact) mass is 141 g/mol. The Morgan fingerprint density at radius 2 is 2.56 bits per heavy atom. The van der Waals surface area contributed by atoms with Gasteiger partial charge in [-0.2, -0.15) is 11.3 Å². The predicted octanol–water partition coefficient (Wildman–Crippen LogP) is 1.95. The zero-order chi connectivity index (χ0) is 6.69. The zero-order valence-corrected chi connectivity index (χ0v) is 5.85. The van der Waals surface area contributed by atoms with Crippen molar-refractivity contribution < 1.29 is 5.21 Å². The summed E-state index contributed by atoms with van der Waals surface area (Å²) in [4.78, 5) is 0. The molecule has 0 amide bonds. The molecule has 0 bridgehead atoms. The number of oxime groups is 1. The van der Waals surface area contributed by atoms with Crippen molar-refractivity contribution in [2.45, 2.75) is 6.92 Å². The van der Waals surface area contributed by atoms with E-state index in [1.807, 2.05) is 16.8 Å². The van der Waals surface area contributed by atoms with E-state index in [2.05, 4.69) is 5.16 Å². The van der Waals surface area contributed by atoms with Crippen LogP contribution in [-0.4, -0.2) is 10.9 Å². The van der Waals surface area contributed by atoms with E-state index in [0.29, 0.717) is 5.71 Å². The molecule has 0 aromatic carbocycles. The Kier molecular flexibility index (Phi) is 1.85. The number of hydrogen-bond acceptors (Lipinski definition) is 3. The van der Waals surface area contributed by atoms with Gasteiger partial charge < -0.3 is 5.21 Å². The lowest BCUT2D eigenvalue weighted by Gasteiger charge is -1.87.